The van der Waals surface area contributed by atoms with Crippen molar-refractivity contribution in [1.82, 2.24) is 14.5 Å². The fraction of sp³-hybridized carbons (Fsp3) is 0.286. The minimum atomic E-state index is -0.928. The van der Waals surface area contributed by atoms with Gasteiger partial charge < -0.3 is 4.90 Å². The Morgan fingerprint density at radius 1 is 1.62 bits per heavy atom. The van der Waals surface area contributed by atoms with E-state index in [0.29, 0.717) is 13.1 Å². The summed E-state index contributed by atoms with van der Waals surface area (Å²) >= 11 is 1.24. The summed E-state index contributed by atoms with van der Waals surface area (Å²) in [6.07, 6.45) is 0. The first-order valence-corrected chi connectivity index (χ1v) is 4.39. The summed E-state index contributed by atoms with van der Waals surface area (Å²) in [6.45, 7) is 3.69. The van der Waals surface area contributed by atoms with Crippen LogP contribution in [0.15, 0.2) is 12.4 Å². The molecule has 0 radical (unpaired) electrons. The van der Waals surface area contributed by atoms with Crippen molar-refractivity contribution >= 4 is 17.4 Å². The molecule has 0 atom stereocenters. The normalized spacial score (nSPS) is 14.4. The fourth-order valence-corrected chi connectivity index (χ4v) is 1.85. The molecule has 0 fully saturated rings. The summed E-state index contributed by atoms with van der Waals surface area (Å²) in [5.74, 6) is -1.59. The van der Waals surface area contributed by atoms with E-state index in [4.69, 9.17) is 0 Å². The van der Waals surface area contributed by atoms with Gasteiger partial charge in [0.2, 0.25) is 0 Å². The van der Waals surface area contributed by atoms with Gasteiger partial charge in [-0.1, -0.05) is 11.1 Å². The molecule has 0 saturated carbocycles. The largest absolute Gasteiger partial charge is 0.325 e. The van der Waals surface area contributed by atoms with Crippen LogP contribution in [0, 0.1) is 0 Å². The molecule has 0 bridgehead atoms. The lowest BCUT2D eigenvalue weighted by atomic mass is 10.4. The molecule has 0 spiro atoms. The van der Waals surface area contributed by atoms with Crippen molar-refractivity contribution in [1.29, 1.82) is 0 Å². The van der Waals surface area contributed by atoms with E-state index in [9.17, 15) is 9.18 Å². The molecule has 1 aliphatic rings. The van der Waals surface area contributed by atoms with Crippen molar-refractivity contribution in [3.63, 3.8) is 0 Å². The number of hydrogen-bond donors (Lipinski definition) is 0. The van der Waals surface area contributed by atoms with Crippen LogP contribution in [0.4, 0.5) is 4.39 Å². The van der Waals surface area contributed by atoms with Crippen LogP contribution in [-0.2, 0) is 17.9 Å². The molecule has 1 aliphatic heterocycles. The number of nitrogens with zero attached hydrogens (tertiary/aromatic N) is 3. The standard InChI is InChI=1S/C7H6FN3OS/c1-4(8)7(12)11-2-5-6(3-11)13-10-9-5/h1-3H2. The lowest BCUT2D eigenvalue weighted by molar-refractivity contribution is -0.129. The van der Waals surface area contributed by atoms with E-state index in [1.165, 1.54) is 16.4 Å². The summed E-state index contributed by atoms with van der Waals surface area (Å²) in [4.78, 5) is 13.4. The van der Waals surface area contributed by atoms with E-state index in [1.807, 2.05) is 0 Å². The maximum Gasteiger partial charge on any atom is 0.282 e. The number of fused-ring (bicyclic) bond motifs is 1. The van der Waals surface area contributed by atoms with Gasteiger partial charge in [-0.15, -0.1) is 5.10 Å². The third-order valence-corrected chi connectivity index (χ3v) is 2.58. The van der Waals surface area contributed by atoms with E-state index in [1.54, 1.807) is 0 Å². The van der Waals surface area contributed by atoms with E-state index >= 15 is 0 Å². The van der Waals surface area contributed by atoms with Gasteiger partial charge in [0, 0.05) is 0 Å². The molecular weight excluding hydrogens is 193 g/mol. The monoisotopic (exact) mass is 199 g/mol. The molecule has 0 N–H and O–H groups in total. The van der Waals surface area contributed by atoms with Gasteiger partial charge >= 0.3 is 0 Å². The Bertz CT molecular complexity index is 355. The van der Waals surface area contributed by atoms with Gasteiger partial charge in [0.05, 0.1) is 23.7 Å². The number of aromatic nitrogens is 2. The molecule has 0 saturated heterocycles. The van der Waals surface area contributed by atoms with Crippen LogP contribution in [0.25, 0.3) is 0 Å². The zero-order valence-corrected chi connectivity index (χ0v) is 7.47. The molecule has 2 rings (SSSR count). The lowest BCUT2D eigenvalue weighted by Crippen LogP contribution is -2.25. The number of hydrogen-bond acceptors (Lipinski definition) is 4. The molecule has 1 aromatic heterocycles. The zero-order chi connectivity index (χ0) is 9.42. The van der Waals surface area contributed by atoms with Crippen molar-refractivity contribution < 1.29 is 9.18 Å². The number of halogens is 1. The highest BCUT2D eigenvalue weighted by Gasteiger charge is 2.27. The van der Waals surface area contributed by atoms with E-state index in [-0.39, 0.29) is 0 Å². The Hall–Kier alpha value is -1.30. The Kier molecular flexibility index (Phi) is 1.84. The van der Waals surface area contributed by atoms with Gasteiger partial charge in [-0.05, 0) is 11.5 Å². The molecule has 2 heterocycles. The van der Waals surface area contributed by atoms with Crippen LogP contribution in [-0.4, -0.2) is 20.4 Å². The average Bonchev–Trinajstić information content (AvgIpc) is 2.59. The third-order valence-electron chi connectivity index (χ3n) is 1.83. The fourth-order valence-electron chi connectivity index (χ4n) is 1.19. The van der Waals surface area contributed by atoms with E-state index < -0.39 is 11.7 Å². The topological polar surface area (TPSA) is 46.1 Å². The van der Waals surface area contributed by atoms with E-state index in [2.05, 4.69) is 16.2 Å². The molecule has 4 nitrogen and oxygen atoms in total. The van der Waals surface area contributed by atoms with Gasteiger partial charge in [0.15, 0.2) is 5.83 Å². The summed E-state index contributed by atoms with van der Waals surface area (Å²) in [6, 6.07) is 0. The van der Waals surface area contributed by atoms with Crippen LogP contribution in [0.5, 0.6) is 0 Å². The molecule has 0 aromatic carbocycles. The Morgan fingerprint density at radius 2 is 2.38 bits per heavy atom. The van der Waals surface area contributed by atoms with Crippen LogP contribution in [0.3, 0.4) is 0 Å². The highest BCUT2D eigenvalue weighted by molar-refractivity contribution is 7.05. The number of carbonyl (C=O) groups is 1. The second-order valence-corrected chi connectivity index (χ2v) is 3.55. The summed E-state index contributed by atoms with van der Waals surface area (Å²) in [5, 5.41) is 3.81. The number of rotatable bonds is 1. The molecule has 1 aromatic rings. The van der Waals surface area contributed by atoms with Crippen molar-refractivity contribution in [3.8, 4) is 0 Å². The minimum Gasteiger partial charge on any atom is -0.325 e. The van der Waals surface area contributed by atoms with Crippen LogP contribution < -0.4 is 0 Å². The van der Waals surface area contributed by atoms with Crippen LogP contribution in [0.1, 0.15) is 10.6 Å². The lowest BCUT2D eigenvalue weighted by Gasteiger charge is -2.12. The maximum absolute atomic E-state index is 12.5. The Morgan fingerprint density at radius 3 is 3.00 bits per heavy atom. The van der Waals surface area contributed by atoms with Crippen molar-refractivity contribution in [3.05, 3.63) is 23.0 Å². The first-order chi connectivity index (χ1) is 6.18. The highest BCUT2D eigenvalue weighted by atomic mass is 32.1. The molecule has 1 amide bonds. The van der Waals surface area contributed by atoms with Gasteiger partial charge in [0.1, 0.15) is 0 Å². The summed E-state index contributed by atoms with van der Waals surface area (Å²) < 4.78 is 16.2. The number of carbonyl (C=O) groups excluding carboxylic acids is 1. The van der Waals surface area contributed by atoms with E-state index in [0.717, 1.165) is 10.6 Å². The van der Waals surface area contributed by atoms with Crippen LogP contribution >= 0.6 is 11.5 Å². The first-order valence-electron chi connectivity index (χ1n) is 3.62. The molecular formula is C7H6FN3OS. The maximum atomic E-state index is 12.5. The van der Waals surface area contributed by atoms with Gasteiger partial charge in [-0.3, -0.25) is 4.79 Å². The average molecular weight is 199 g/mol. The van der Waals surface area contributed by atoms with Gasteiger partial charge in [-0.25, -0.2) is 4.39 Å². The highest BCUT2D eigenvalue weighted by Crippen LogP contribution is 2.24. The molecule has 0 unspecified atom stereocenters. The summed E-state index contributed by atoms with van der Waals surface area (Å²) in [5.41, 5.74) is 0.764. The predicted octanol–water partition coefficient (Wildman–Crippen LogP) is 0.864. The second kappa shape index (κ2) is 2.88. The summed E-state index contributed by atoms with van der Waals surface area (Å²) in [7, 11) is 0. The SMILES string of the molecule is C=C(F)C(=O)N1Cc2nnsc2C1. The second-order valence-electron chi connectivity index (χ2n) is 2.71. The van der Waals surface area contributed by atoms with Crippen molar-refractivity contribution in [2.75, 3.05) is 0 Å². The minimum absolute atomic E-state index is 0.341. The van der Waals surface area contributed by atoms with Gasteiger partial charge in [-0.2, -0.15) is 0 Å². The zero-order valence-electron chi connectivity index (χ0n) is 6.66. The predicted molar refractivity (Wildman–Crippen MR) is 44.4 cm³/mol. The quantitative estimate of drug-likeness (QED) is 0.630. The smallest absolute Gasteiger partial charge is 0.282 e. The van der Waals surface area contributed by atoms with Crippen molar-refractivity contribution in [2.24, 2.45) is 0 Å². The van der Waals surface area contributed by atoms with Crippen LogP contribution in [0.2, 0.25) is 0 Å². The Balaban J connectivity index is 2.14. The molecule has 0 aliphatic carbocycles. The molecule has 13 heavy (non-hydrogen) atoms. The van der Waals surface area contributed by atoms with Crippen molar-refractivity contribution in [2.45, 2.75) is 13.1 Å². The first kappa shape index (κ1) is 8.31. The third kappa shape index (κ3) is 1.33. The Labute approximate surface area is 77.8 Å². The molecule has 6 heteroatoms. The molecule has 68 valence electrons. The van der Waals surface area contributed by atoms with Gasteiger partial charge in [0.25, 0.3) is 5.91 Å². The number of amides is 1.